The summed E-state index contributed by atoms with van der Waals surface area (Å²) in [6.07, 6.45) is 0. The van der Waals surface area contributed by atoms with Gasteiger partial charge in [0.2, 0.25) is 43.2 Å². The second kappa shape index (κ2) is 18.1. The summed E-state index contributed by atoms with van der Waals surface area (Å²) in [6, 6.07) is -2.78. The quantitative estimate of drug-likeness (QED) is 0.0671. The van der Waals surface area contributed by atoms with Gasteiger partial charge in [-0.1, -0.05) is 23.2 Å². The third-order valence-electron chi connectivity index (χ3n) is 8.74. The highest BCUT2D eigenvalue weighted by Crippen LogP contribution is 2.49. The molecule has 2 heterocycles. The number of sulfonamides is 2. The van der Waals surface area contributed by atoms with E-state index in [0.717, 1.165) is 24.3 Å². The van der Waals surface area contributed by atoms with Crippen LogP contribution in [-0.2, 0) is 64.8 Å². The fourth-order valence-electron chi connectivity index (χ4n) is 6.25. The molecule has 26 nitrogen and oxygen atoms in total. The molecule has 3 atom stereocenters. The average Bonchev–Trinajstić information content (AvgIpc) is 3.13. The standard InChI is InChI=1S/C31H29Cl2N5O21S5/c32-14-3-4-15(33)23(31(44)45)22(14)21-12-1-5-19(39)26-24(12)59-25-13(21)2-6-20(40)27(25)64(57,58)38-18(11-62(52,53)54)30(43)37-17(10-61(49,50)51)29(42)36-16(9-60(46,47)48)28(41)34-7-8-35-63(26,55)56/h1-6,16-18,35,38,40H,7-11H2,(H,34,41)(H,36,42)(H,37,43)(H,44,45)(H,46,47,48)(H,49,50,51)(H,52,53,54). The SMILES string of the molecule is O=C(O)c1c(Cl)ccc(Cl)c1-c1c2ccc(=O)c3c-2oc2c(c(O)ccc12)S(=O)(=O)NC(CS(=O)(=O)O)C(=O)NC(CS(=O)(=O)O)C(=O)NC(CS(=O)(=O)O)C(=O)NCCNS3(=O)=O. The molecule has 2 aromatic rings. The van der Waals surface area contributed by atoms with Gasteiger partial charge in [0, 0.05) is 40.2 Å². The van der Waals surface area contributed by atoms with E-state index in [9.17, 15) is 89.9 Å². The Labute approximate surface area is 370 Å². The number of aromatic hydroxyl groups is 1. The normalized spacial score (nSPS) is 20.4. The number of rotatable bonds is 8. The van der Waals surface area contributed by atoms with Crippen molar-refractivity contribution in [3.8, 4) is 28.2 Å². The molecule has 33 heteroatoms. The summed E-state index contributed by atoms with van der Waals surface area (Å²) in [7, 11) is -27.2. The highest BCUT2D eigenvalue weighted by Gasteiger charge is 2.39. The number of carbonyl (C=O) groups is 4. The lowest BCUT2D eigenvalue weighted by atomic mass is 9.90. The number of carboxylic acids is 1. The first kappa shape index (κ1) is 49.9. The average molecular weight is 1040 g/mol. The van der Waals surface area contributed by atoms with E-state index in [4.69, 9.17) is 27.6 Å². The van der Waals surface area contributed by atoms with Crippen LogP contribution in [0.4, 0.5) is 0 Å². The number of carboxylic acid groups (broad SMARTS) is 1. The molecule has 0 fully saturated rings. The molecule has 10 N–H and O–H groups in total. The highest BCUT2D eigenvalue weighted by atomic mass is 35.5. The van der Waals surface area contributed by atoms with Crippen LogP contribution in [0.3, 0.4) is 0 Å². The van der Waals surface area contributed by atoms with Gasteiger partial charge in [0.05, 0.1) is 10.6 Å². The van der Waals surface area contributed by atoms with Crippen LogP contribution in [0.5, 0.6) is 5.75 Å². The minimum atomic E-state index is -5.81. The van der Waals surface area contributed by atoms with Crippen LogP contribution >= 0.6 is 23.2 Å². The number of carbonyl (C=O) groups excluding carboxylic acids is 3. The molecule has 3 unspecified atom stereocenters. The number of phenols is 1. The Kier molecular flexibility index (Phi) is 14.1. The van der Waals surface area contributed by atoms with Gasteiger partial charge in [-0.2, -0.15) is 30.0 Å². The molecule has 0 spiro atoms. The van der Waals surface area contributed by atoms with E-state index in [2.05, 4.69) is 0 Å². The zero-order valence-corrected chi connectivity index (χ0v) is 36.9. The van der Waals surface area contributed by atoms with Crippen molar-refractivity contribution < 1.29 is 89.6 Å². The third-order valence-corrected chi connectivity index (χ3v) is 14.7. The van der Waals surface area contributed by atoms with Gasteiger partial charge >= 0.3 is 5.97 Å². The molecule has 3 amide bonds. The van der Waals surface area contributed by atoms with Gasteiger partial charge in [-0.3, -0.25) is 32.8 Å². The molecular weight excluding hydrogens is 1010 g/mol. The molecule has 0 aromatic heterocycles. The van der Waals surface area contributed by atoms with Crippen molar-refractivity contribution in [3.05, 3.63) is 62.2 Å². The number of phenolic OH excluding ortho intramolecular Hbond substituents is 1. The number of aromatic carboxylic acids is 1. The largest absolute Gasteiger partial charge is 0.506 e. The molecule has 2 aromatic carbocycles. The summed E-state index contributed by atoms with van der Waals surface area (Å²) in [4.78, 5) is 63.4. The zero-order chi connectivity index (χ0) is 48.1. The van der Waals surface area contributed by atoms with Gasteiger partial charge < -0.3 is 30.6 Å². The highest BCUT2D eigenvalue weighted by molar-refractivity contribution is 7.90. The second-order valence-corrected chi connectivity index (χ2v) is 22.0. The Morgan fingerprint density at radius 1 is 0.688 bits per heavy atom. The van der Waals surface area contributed by atoms with Gasteiger partial charge in [-0.15, -0.1) is 0 Å². The Balaban J connectivity index is 1.91. The molecule has 5 rings (SSSR count). The molecule has 1 aliphatic carbocycles. The number of amides is 3. The van der Waals surface area contributed by atoms with Crippen molar-refractivity contribution in [3.63, 3.8) is 0 Å². The maximum absolute atomic E-state index is 14.3. The van der Waals surface area contributed by atoms with Crippen LogP contribution < -0.4 is 30.8 Å². The summed E-state index contributed by atoms with van der Waals surface area (Å²) < 4.78 is 166. The lowest BCUT2D eigenvalue weighted by Gasteiger charge is -2.25. The number of nitrogens with one attached hydrogen (secondary N) is 5. The minimum Gasteiger partial charge on any atom is -0.506 e. The van der Waals surface area contributed by atoms with Crippen molar-refractivity contribution >= 4 is 108 Å². The van der Waals surface area contributed by atoms with E-state index in [1.807, 2.05) is 10.0 Å². The molecule has 0 saturated heterocycles. The molecule has 0 saturated carbocycles. The van der Waals surface area contributed by atoms with Crippen molar-refractivity contribution in [2.45, 2.75) is 27.9 Å². The number of hydrogen-bond acceptors (Lipinski definition) is 17. The van der Waals surface area contributed by atoms with E-state index in [-0.39, 0.29) is 0 Å². The van der Waals surface area contributed by atoms with Gasteiger partial charge in [0.15, 0.2) is 21.1 Å². The van der Waals surface area contributed by atoms with Crippen molar-refractivity contribution in [1.29, 1.82) is 0 Å². The van der Waals surface area contributed by atoms with Gasteiger partial charge in [-0.25, -0.2) is 26.4 Å². The first-order valence-electron chi connectivity index (χ1n) is 17.0. The van der Waals surface area contributed by atoms with Crippen LogP contribution in [0.15, 0.2) is 55.4 Å². The maximum atomic E-state index is 14.3. The van der Waals surface area contributed by atoms with Gasteiger partial charge in [-0.05, 0) is 36.4 Å². The summed E-state index contributed by atoms with van der Waals surface area (Å²) in [6.45, 7) is -1.74. The number of hydrogen-bond donors (Lipinski definition) is 10. The molecule has 0 radical (unpaired) electrons. The predicted octanol–water partition coefficient (Wildman–Crippen LogP) is -2.04. The lowest BCUT2D eigenvalue weighted by molar-refractivity contribution is -0.131. The summed E-state index contributed by atoms with van der Waals surface area (Å²) in [5.41, 5.74) is -4.92. The summed E-state index contributed by atoms with van der Waals surface area (Å²) in [5, 5.41) is 25.1. The molecule has 2 aliphatic heterocycles. The van der Waals surface area contributed by atoms with Gasteiger partial charge in [0.25, 0.3) is 30.4 Å². The molecule has 2 bridgehead atoms. The Morgan fingerprint density at radius 2 is 1.22 bits per heavy atom. The Morgan fingerprint density at radius 3 is 1.78 bits per heavy atom. The minimum absolute atomic E-state index is 0.446. The fraction of sp³-hybridized carbons (Fsp3) is 0.258. The third kappa shape index (κ3) is 11.2. The predicted molar refractivity (Wildman–Crippen MR) is 219 cm³/mol. The monoisotopic (exact) mass is 1040 g/mol. The van der Waals surface area contributed by atoms with Crippen LogP contribution in [0.1, 0.15) is 10.4 Å². The van der Waals surface area contributed by atoms with Crippen LogP contribution in [0.2, 0.25) is 10.0 Å². The first-order chi connectivity index (χ1) is 29.3. The van der Waals surface area contributed by atoms with E-state index in [0.29, 0.717) is 12.1 Å². The van der Waals surface area contributed by atoms with Crippen LogP contribution in [-0.4, -0.2) is 138 Å². The summed E-state index contributed by atoms with van der Waals surface area (Å²) >= 11 is 12.8. The maximum Gasteiger partial charge on any atom is 0.337 e. The number of benzene rings is 3. The van der Waals surface area contributed by atoms with Crippen LogP contribution in [0, 0.1) is 0 Å². The van der Waals surface area contributed by atoms with Crippen molar-refractivity contribution in [2.75, 3.05) is 30.3 Å². The molecule has 64 heavy (non-hydrogen) atoms. The molecule has 348 valence electrons. The van der Waals surface area contributed by atoms with Crippen molar-refractivity contribution in [1.82, 2.24) is 25.4 Å². The van der Waals surface area contributed by atoms with Crippen LogP contribution in [0.25, 0.3) is 33.4 Å². The summed E-state index contributed by atoms with van der Waals surface area (Å²) in [5.74, 6) is -15.1. The van der Waals surface area contributed by atoms with Gasteiger partial charge in [0.1, 0.15) is 41.1 Å². The Bertz CT molecular complexity index is 3250. The lowest BCUT2D eigenvalue weighted by Crippen LogP contribution is -2.60. The molecular formula is C31H29Cl2N5O21S5. The second-order valence-electron chi connectivity index (χ2n) is 13.4. The smallest absolute Gasteiger partial charge is 0.337 e. The van der Waals surface area contributed by atoms with E-state index >= 15 is 0 Å². The van der Waals surface area contributed by atoms with E-state index in [1.54, 1.807) is 10.6 Å². The fourth-order valence-corrected chi connectivity index (χ4v) is 11.5. The topological polar surface area (TPSA) is 430 Å². The Hall–Kier alpha value is -5.06. The zero-order valence-electron chi connectivity index (χ0n) is 31.3. The first-order valence-corrected chi connectivity index (χ1v) is 25.6. The molecule has 3 aliphatic rings. The van der Waals surface area contributed by atoms with E-state index in [1.165, 1.54) is 4.72 Å². The van der Waals surface area contributed by atoms with Crippen molar-refractivity contribution in [2.24, 2.45) is 0 Å². The number of halogens is 2. The van der Waals surface area contributed by atoms with E-state index < -0.39 is 193 Å².